The maximum Gasteiger partial charge on any atom is 0.311 e. The lowest BCUT2D eigenvalue weighted by Crippen LogP contribution is -2.45. The maximum atomic E-state index is 12.5. The van der Waals surface area contributed by atoms with Crippen LogP contribution < -0.4 is 0 Å². The molecule has 0 aliphatic heterocycles. The fraction of sp³-hybridized carbons (Fsp3) is 0.667. The Bertz CT molecular complexity index is 608. The third-order valence-electron chi connectivity index (χ3n) is 5.03. The van der Waals surface area contributed by atoms with Gasteiger partial charge in [-0.3, -0.25) is 19.2 Å². The molecule has 8 heteroatoms. The number of carboxylic acids is 2. The molecule has 0 spiro atoms. The minimum atomic E-state index is -1.26. The zero-order valence-electron chi connectivity index (χ0n) is 15.5. The minimum absolute atomic E-state index is 0.0927. The highest BCUT2D eigenvalue weighted by Gasteiger charge is 2.50. The van der Waals surface area contributed by atoms with Crippen molar-refractivity contribution in [1.29, 1.82) is 0 Å². The van der Waals surface area contributed by atoms with E-state index in [1.54, 1.807) is 27.7 Å². The van der Waals surface area contributed by atoms with Crippen molar-refractivity contribution in [2.45, 2.75) is 40.5 Å². The smallest absolute Gasteiger partial charge is 0.311 e. The van der Waals surface area contributed by atoms with Crippen molar-refractivity contribution in [3.8, 4) is 0 Å². The minimum Gasteiger partial charge on any atom is -0.481 e. The molecule has 0 radical (unpaired) electrons. The van der Waals surface area contributed by atoms with Crippen LogP contribution in [0.4, 0.5) is 0 Å². The van der Waals surface area contributed by atoms with Gasteiger partial charge in [0.05, 0.1) is 37.4 Å². The van der Waals surface area contributed by atoms with E-state index in [0.717, 1.165) is 0 Å². The van der Waals surface area contributed by atoms with Crippen LogP contribution in [0.3, 0.4) is 0 Å². The molecule has 1 rings (SSSR count). The van der Waals surface area contributed by atoms with Crippen molar-refractivity contribution in [2.24, 2.45) is 23.2 Å². The number of rotatable bonds is 8. The van der Waals surface area contributed by atoms with Crippen molar-refractivity contribution < 1.29 is 38.9 Å². The van der Waals surface area contributed by atoms with E-state index in [2.05, 4.69) is 0 Å². The van der Waals surface area contributed by atoms with Crippen LogP contribution in [-0.4, -0.2) is 47.3 Å². The van der Waals surface area contributed by atoms with Crippen LogP contribution >= 0.6 is 0 Å². The first-order chi connectivity index (χ1) is 12.1. The summed E-state index contributed by atoms with van der Waals surface area (Å²) in [6.07, 6.45) is 1.00. The van der Waals surface area contributed by atoms with Crippen LogP contribution in [0.5, 0.6) is 0 Å². The Morgan fingerprint density at radius 2 is 1.73 bits per heavy atom. The van der Waals surface area contributed by atoms with Crippen LogP contribution in [-0.2, 0) is 28.7 Å². The van der Waals surface area contributed by atoms with Gasteiger partial charge in [0, 0.05) is 5.41 Å². The van der Waals surface area contributed by atoms with Crippen LogP contribution in [0.15, 0.2) is 11.6 Å². The average Bonchev–Trinajstić information content (AvgIpc) is 2.54. The lowest BCUT2D eigenvalue weighted by atomic mass is 9.60. The molecule has 0 aromatic heterocycles. The van der Waals surface area contributed by atoms with E-state index < -0.39 is 47.0 Å². The number of carbonyl (C=O) groups is 4. The van der Waals surface area contributed by atoms with Gasteiger partial charge in [0.1, 0.15) is 0 Å². The summed E-state index contributed by atoms with van der Waals surface area (Å²) in [5, 5.41) is 18.8. The highest BCUT2D eigenvalue weighted by molar-refractivity contribution is 5.84. The second kappa shape index (κ2) is 8.82. The second-order valence-corrected chi connectivity index (χ2v) is 6.59. The second-order valence-electron chi connectivity index (χ2n) is 6.59. The van der Waals surface area contributed by atoms with Gasteiger partial charge in [-0.2, -0.15) is 0 Å². The molecule has 0 saturated heterocycles. The summed E-state index contributed by atoms with van der Waals surface area (Å²) >= 11 is 0. The number of carboxylic acid groups (broad SMARTS) is 2. The van der Waals surface area contributed by atoms with Crippen LogP contribution in [0.2, 0.25) is 0 Å². The zero-order chi connectivity index (χ0) is 20.1. The van der Waals surface area contributed by atoms with Gasteiger partial charge in [0.2, 0.25) is 0 Å². The summed E-state index contributed by atoms with van der Waals surface area (Å²) in [6.45, 7) is 6.84. The van der Waals surface area contributed by atoms with E-state index in [0.29, 0.717) is 5.57 Å². The van der Waals surface area contributed by atoms with Crippen molar-refractivity contribution in [3.63, 3.8) is 0 Å². The molecule has 1 aliphatic rings. The number of hydrogen-bond acceptors (Lipinski definition) is 6. The van der Waals surface area contributed by atoms with E-state index in [4.69, 9.17) is 9.47 Å². The Hall–Kier alpha value is -2.38. The molecular formula is C18H26O8. The van der Waals surface area contributed by atoms with E-state index in [-0.39, 0.29) is 26.1 Å². The zero-order valence-corrected chi connectivity index (χ0v) is 15.5. The summed E-state index contributed by atoms with van der Waals surface area (Å²) in [4.78, 5) is 47.5. The van der Waals surface area contributed by atoms with Crippen molar-refractivity contribution in [1.82, 2.24) is 0 Å². The van der Waals surface area contributed by atoms with Gasteiger partial charge in [-0.25, -0.2) is 0 Å². The van der Waals surface area contributed by atoms with E-state index in [1.807, 2.05) is 0 Å². The molecule has 8 nitrogen and oxygen atoms in total. The number of hydrogen-bond donors (Lipinski definition) is 2. The summed E-state index contributed by atoms with van der Waals surface area (Å²) in [6, 6.07) is 0. The number of aliphatic carboxylic acids is 2. The monoisotopic (exact) mass is 370 g/mol. The Morgan fingerprint density at radius 3 is 2.19 bits per heavy atom. The van der Waals surface area contributed by atoms with Crippen molar-refractivity contribution >= 4 is 23.9 Å². The van der Waals surface area contributed by atoms with Crippen molar-refractivity contribution in [2.75, 3.05) is 13.2 Å². The van der Waals surface area contributed by atoms with Gasteiger partial charge >= 0.3 is 23.9 Å². The largest absolute Gasteiger partial charge is 0.481 e. The molecular weight excluding hydrogens is 344 g/mol. The maximum absolute atomic E-state index is 12.5. The first kappa shape index (κ1) is 21.7. The highest BCUT2D eigenvalue weighted by Crippen LogP contribution is 2.49. The molecule has 2 N–H and O–H groups in total. The molecule has 0 heterocycles. The van der Waals surface area contributed by atoms with Gasteiger partial charge in [-0.15, -0.1) is 0 Å². The Labute approximate surface area is 152 Å². The third-order valence-corrected chi connectivity index (χ3v) is 5.03. The molecule has 146 valence electrons. The van der Waals surface area contributed by atoms with Gasteiger partial charge in [0.25, 0.3) is 0 Å². The van der Waals surface area contributed by atoms with Crippen LogP contribution in [0.1, 0.15) is 40.5 Å². The van der Waals surface area contributed by atoms with E-state index in [9.17, 15) is 29.4 Å². The number of ether oxygens (including phenoxy) is 2. The van der Waals surface area contributed by atoms with Gasteiger partial charge < -0.3 is 19.7 Å². The molecule has 26 heavy (non-hydrogen) atoms. The first-order valence-electron chi connectivity index (χ1n) is 8.55. The predicted molar refractivity (Wildman–Crippen MR) is 90.1 cm³/mol. The SMILES string of the molecule is CCOC(=O)CC(C(=O)OCC)C1(C)CC(C(=O)O)C(C(=O)O)C=C1C. The lowest BCUT2D eigenvalue weighted by Gasteiger charge is -2.43. The average molecular weight is 370 g/mol. The van der Waals surface area contributed by atoms with Gasteiger partial charge in [-0.05, 0) is 27.2 Å². The van der Waals surface area contributed by atoms with Crippen molar-refractivity contribution in [3.05, 3.63) is 11.6 Å². The Kier molecular flexibility index (Phi) is 7.35. The molecule has 0 aromatic carbocycles. The fourth-order valence-corrected chi connectivity index (χ4v) is 3.42. The van der Waals surface area contributed by atoms with Crippen LogP contribution in [0, 0.1) is 23.2 Å². The van der Waals surface area contributed by atoms with E-state index in [1.165, 1.54) is 6.08 Å². The summed E-state index contributed by atoms with van der Waals surface area (Å²) < 4.78 is 10.0. The molecule has 0 bridgehead atoms. The molecule has 0 amide bonds. The van der Waals surface area contributed by atoms with Gasteiger partial charge in [-0.1, -0.05) is 18.6 Å². The molecule has 1 aliphatic carbocycles. The number of esters is 2. The summed E-state index contributed by atoms with van der Waals surface area (Å²) in [5.74, 6) is -7.08. The fourth-order valence-electron chi connectivity index (χ4n) is 3.42. The summed E-state index contributed by atoms with van der Waals surface area (Å²) in [7, 11) is 0. The summed E-state index contributed by atoms with van der Waals surface area (Å²) in [5.41, 5.74) is -0.488. The normalized spacial score (nSPS) is 26.4. The number of allylic oxidation sites excluding steroid dienone is 1. The molecule has 0 aromatic rings. The number of carbonyl (C=O) groups excluding carboxylic acids is 2. The molecule has 0 fully saturated rings. The third kappa shape index (κ3) is 4.62. The molecule has 4 unspecified atom stereocenters. The lowest BCUT2D eigenvalue weighted by molar-refractivity contribution is -0.162. The first-order valence-corrected chi connectivity index (χ1v) is 8.55. The highest BCUT2D eigenvalue weighted by atomic mass is 16.5. The van der Waals surface area contributed by atoms with E-state index >= 15 is 0 Å². The Balaban J connectivity index is 3.34. The Morgan fingerprint density at radius 1 is 1.15 bits per heavy atom. The van der Waals surface area contributed by atoms with Gasteiger partial charge in [0.15, 0.2) is 0 Å². The predicted octanol–water partition coefficient (Wildman–Crippen LogP) is 1.88. The molecule has 0 saturated carbocycles. The quantitative estimate of drug-likeness (QED) is 0.490. The standard InChI is InChI=1S/C18H26O8/c1-5-25-14(19)8-13(17(24)26-6-2)18(4)9-12(16(22)23)11(15(20)21)7-10(18)3/h7,11-13H,5-6,8-9H2,1-4H3,(H,20,21)(H,22,23). The molecule has 4 atom stereocenters. The topological polar surface area (TPSA) is 127 Å². The van der Waals surface area contributed by atoms with Crippen LogP contribution in [0.25, 0.3) is 0 Å².